The van der Waals surface area contributed by atoms with E-state index >= 15 is 0 Å². The van der Waals surface area contributed by atoms with Crippen LogP contribution in [0.2, 0.25) is 0 Å². The number of carbonyl (C=O) groups is 2. The van der Waals surface area contributed by atoms with Crippen LogP contribution in [0.25, 0.3) is 0 Å². The van der Waals surface area contributed by atoms with Gasteiger partial charge in [-0.3, -0.25) is 9.59 Å². The summed E-state index contributed by atoms with van der Waals surface area (Å²) in [6, 6.07) is 10.6. The van der Waals surface area contributed by atoms with Crippen LogP contribution in [0, 0.1) is 0 Å². The molecule has 1 aromatic heterocycles. The number of ether oxygens (including phenoxy) is 2. The highest BCUT2D eigenvalue weighted by Gasteiger charge is 2.25. The summed E-state index contributed by atoms with van der Waals surface area (Å²) in [6.45, 7) is 2.00. The van der Waals surface area contributed by atoms with Crippen molar-refractivity contribution in [1.29, 1.82) is 0 Å². The van der Waals surface area contributed by atoms with E-state index in [-0.39, 0.29) is 17.9 Å². The minimum absolute atomic E-state index is 0.0726. The maximum absolute atomic E-state index is 12.7. The van der Waals surface area contributed by atoms with Crippen molar-refractivity contribution in [3.8, 4) is 0 Å². The first-order valence-electron chi connectivity index (χ1n) is 8.02. The number of nitrogens with one attached hydrogen (secondary N) is 1. The number of methoxy groups -OCH3 is 1. The van der Waals surface area contributed by atoms with E-state index in [1.165, 1.54) is 11.3 Å². The molecule has 0 spiro atoms. The van der Waals surface area contributed by atoms with Gasteiger partial charge in [0.05, 0.1) is 24.2 Å². The lowest BCUT2D eigenvalue weighted by Gasteiger charge is -2.32. The Bertz CT molecular complexity index is 730. The summed E-state index contributed by atoms with van der Waals surface area (Å²) in [7, 11) is 1.61. The average molecular weight is 360 g/mol. The van der Waals surface area contributed by atoms with E-state index in [0.717, 1.165) is 0 Å². The molecule has 2 aromatic rings. The van der Waals surface area contributed by atoms with Crippen molar-refractivity contribution in [2.45, 2.75) is 6.10 Å². The molecule has 1 N–H and O–H groups in total. The van der Waals surface area contributed by atoms with Gasteiger partial charge in [-0.15, -0.1) is 11.3 Å². The molecule has 0 saturated carbocycles. The van der Waals surface area contributed by atoms with Gasteiger partial charge in [-0.05, 0) is 29.6 Å². The number of hydrogen-bond acceptors (Lipinski definition) is 5. The Morgan fingerprint density at radius 2 is 2.24 bits per heavy atom. The smallest absolute Gasteiger partial charge is 0.265 e. The fraction of sp³-hybridized carbons (Fsp3) is 0.333. The molecule has 1 aliphatic rings. The minimum atomic E-state index is -0.175. The van der Waals surface area contributed by atoms with Crippen molar-refractivity contribution in [3.05, 3.63) is 52.2 Å². The number of amides is 2. The number of morpholine rings is 1. The summed E-state index contributed by atoms with van der Waals surface area (Å²) < 4.78 is 10.7. The van der Waals surface area contributed by atoms with Gasteiger partial charge in [-0.1, -0.05) is 12.1 Å². The van der Waals surface area contributed by atoms with Crippen LogP contribution in [0.4, 0.5) is 5.69 Å². The van der Waals surface area contributed by atoms with Gasteiger partial charge < -0.3 is 19.7 Å². The summed E-state index contributed by atoms with van der Waals surface area (Å²) in [5.41, 5.74) is 1.15. The molecule has 132 valence electrons. The summed E-state index contributed by atoms with van der Waals surface area (Å²) in [4.78, 5) is 27.3. The maximum atomic E-state index is 12.7. The molecule has 2 amide bonds. The Balaban J connectivity index is 1.68. The topological polar surface area (TPSA) is 67.9 Å². The third-order valence-corrected chi connectivity index (χ3v) is 4.76. The van der Waals surface area contributed by atoms with Gasteiger partial charge in [0, 0.05) is 31.5 Å². The summed E-state index contributed by atoms with van der Waals surface area (Å²) in [6.07, 6.45) is -0.107. The molecule has 25 heavy (non-hydrogen) atoms. The highest BCUT2D eigenvalue weighted by Crippen LogP contribution is 2.17. The number of anilines is 1. The molecule has 0 aliphatic carbocycles. The Morgan fingerprint density at radius 1 is 1.36 bits per heavy atom. The highest BCUT2D eigenvalue weighted by atomic mass is 32.1. The minimum Gasteiger partial charge on any atom is -0.382 e. The third-order valence-electron chi connectivity index (χ3n) is 3.89. The molecular formula is C18H20N2O4S. The molecule has 7 heteroatoms. The van der Waals surface area contributed by atoms with Gasteiger partial charge in [0.2, 0.25) is 0 Å². The first-order valence-corrected chi connectivity index (χ1v) is 8.90. The van der Waals surface area contributed by atoms with Crippen LogP contribution in [0.5, 0.6) is 0 Å². The predicted octanol–water partition coefficient (Wildman–Crippen LogP) is 2.49. The van der Waals surface area contributed by atoms with Crippen molar-refractivity contribution in [1.82, 2.24) is 4.90 Å². The van der Waals surface area contributed by atoms with E-state index < -0.39 is 0 Å². The zero-order valence-corrected chi connectivity index (χ0v) is 14.8. The predicted molar refractivity (Wildman–Crippen MR) is 96.2 cm³/mol. The number of rotatable bonds is 5. The lowest BCUT2D eigenvalue weighted by molar-refractivity contribution is -0.0531. The van der Waals surface area contributed by atoms with Gasteiger partial charge in [-0.2, -0.15) is 0 Å². The standard InChI is InChI=1S/C18H20N2O4S/c1-23-12-15-11-20(7-8-24-15)18(22)13-4-2-5-14(10-13)19-17(21)16-6-3-9-25-16/h2-6,9-10,15H,7-8,11-12H2,1H3,(H,19,21). The Hall–Kier alpha value is -2.22. The SMILES string of the molecule is COCC1CN(C(=O)c2cccc(NC(=O)c3cccs3)c2)CCO1. The monoisotopic (exact) mass is 360 g/mol. The quantitative estimate of drug-likeness (QED) is 0.890. The van der Waals surface area contributed by atoms with Crippen molar-refractivity contribution < 1.29 is 19.1 Å². The second-order valence-corrected chi connectivity index (χ2v) is 6.66. The average Bonchev–Trinajstić information content (AvgIpc) is 3.17. The highest BCUT2D eigenvalue weighted by molar-refractivity contribution is 7.12. The molecular weight excluding hydrogens is 340 g/mol. The number of benzene rings is 1. The molecule has 1 unspecified atom stereocenters. The van der Waals surface area contributed by atoms with Gasteiger partial charge in [0.1, 0.15) is 0 Å². The van der Waals surface area contributed by atoms with E-state index in [9.17, 15) is 9.59 Å². The summed E-state index contributed by atoms with van der Waals surface area (Å²) in [5, 5.41) is 4.68. The zero-order chi connectivity index (χ0) is 17.6. The number of thiophene rings is 1. The molecule has 1 aliphatic heterocycles. The lowest BCUT2D eigenvalue weighted by Crippen LogP contribution is -2.47. The molecule has 0 bridgehead atoms. The van der Waals surface area contributed by atoms with E-state index in [0.29, 0.717) is 42.4 Å². The van der Waals surface area contributed by atoms with E-state index in [1.54, 1.807) is 42.3 Å². The van der Waals surface area contributed by atoms with Gasteiger partial charge >= 0.3 is 0 Å². The van der Waals surface area contributed by atoms with Crippen LogP contribution in [-0.4, -0.2) is 56.2 Å². The largest absolute Gasteiger partial charge is 0.382 e. The Kier molecular flexibility index (Phi) is 5.80. The summed E-state index contributed by atoms with van der Waals surface area (Å²) >= 11 is 1.38. The Morgan fingerprint density at radius 3 is 3.00 bits per heavy atom. The zero-order valence-electron chi connectivity index (χ0n) is 13.9. The van der Waals surface area contributed by atoms with Crippen molar-refractivity contribution >= 4 is 28.8 Å². The maximum Gasteiger partial charge on any atom is 0.265 e. The number of hydrogen-bond donors (Lipinski definition) is 1. The second kappa shape index (κ2) is 8.24. The van der Waals surface area contributed by atoms with E-state index in [2.05, 4.69) is 5.32 Å². The van der Waals surface area contributed by atoms with Crippen LogP contribution in [0.1, 0.15) is 20.0 Å². The fourth-order valence-corrected chi connectivity index (χ4v) is 3.32. The molecule has 1 aromatic carbocycles. The Labute approximate surface area is 150 Å². The number of nitrogens with zero attached hydrogens (tertiary/aromatic N) is 1. The van der Waals surface area contributed by atoms with Crippen molar-refractivity contribution in [3.63, 3.8) is 0 Å². The van der Waals surface area contributed by atoms with Gasteiger partial charge in [-0.25, -0.2) is 0 Å². The van der Waals surface area contributed by atoms with Crippen LogP contribution >= 0.6 is 11.3 Å². The van der Waals surface area contributed by atoms with Crippen molar-refractivity contribution in [2.24, 2.45) is 0 Å². The van der Waals surface area contributed by atoms with E-state index in [1.807, 2.05) is 11.4 Å². The first-order chi connectivity index (χ1) is 12.2. The third kappa shape index (κ3) is 4.45. The number of carbonyl (C=O) groups excluding carboxylic acids is 2. The van der Waals surface area contributed by atoms with Crippen LogP contribution in [-0.2, 0) is 9.47 Å². The second-order valence-electron chi connectivity index (χ2n) is 5.71. The van der Waals surface area contributed by atoms with Gasteiger partial charge in [0.15, 0.2) is 0 Å². The van der Waals surface area contributed by atoms with Gasteiger partial charge in [0.25, 0.3) is 11.8 Å². The summed E-state index contributed by atoms with van der Waals surface area (Å²) in [5.74, 6) is -0.247. The molecule has 1 saturated heterocycles. The van der Waals surface area contributed by atoms with E-state index in [4.69, 9.17) is 9.47 Å². The lowest BCUT2D eigenvalue weighted by atomic mass is 10.1. The first kappa shape index (κ1) is 17.6. The molecule has 3 rings (SSSR count). The van der Waals surface area contributed by atoms with Crippen molar-refractivity contribution in [2.75, 3.05) is 38.7 Å². The normalized spacial score (nSPS) is 17.3. The van der Waals surface area contributed by atoms with Crippen LogP contribution in [0.3, 0.4) is 0 Å². The molecule has 6 nitrogen and oxygen atoms in total. The fourth-order valence-electron chi connectivity index (χ4n) is 2.70. The molecule has 1 fully saturated rings. The molecule has 2 heterocycles. The van der Waals surface area contributed by atoms with Crippen LogP contribution in [0.15, 0.2) is 41.8 Å². The van der Waals surface area contributed by atoms with Crippen LogP contribution < -0.4 is 5.32 Å². The molecule has 0 radical (unpaired) electrons. The molecule has 1 atom stereocenters.